The van der Waals surface area contributed by atoms with E-state index in [0.29, 0.717) is 0 Å². The van der Waals surface area contributed by atoms with E-state index in [4.69, 9.17) is 5.11 Å². The highest BCUT2D eigenvalue weighted by molar-refractivity contribution is 7.89. The maximum atomic E-state index is 12.9. The van der Waals surface area contributed by atoms with E-state index in [-0.39, 0.29) is 16.9 Å². The molecule has 0 bridgehead atoms. The third kappa shape index (κ3) is 3.07. The lowest BCUT2D eigenvalue weighted by Gasteiger charge is -2.06. The minimum absolute atomic E-state index is 0.214. The Morgan fingerprint density at radius 2 is 2.11 bits per heavy atom. The predicted octanol–water partition coefficient (Wildman–Crippen LogP) is 1.17. The summed E-state index contributed by atoms with van der Waals surface area (Å²) in [6.45, 7) is -0.758. The molecule has 1 fully saturated rings. The average Bonchev–Trinajstić information content (AvgIpc) is 2.96. The van der Waals surface area contributed by atoms with Gasteiger partial charge in [0.1, 0.15) is 6.54 Å². The van der Waals surface area contributed by atoms with Gasteiger partial charge in [0.05, 0.1) is 10.8 Å². The summed E-state index contributed by atoms with van der Waals surface area (Å²) in [6, 6.07) is 5.17. The minimum atomic E-state index is -4.00. The summed E-state index contributed by atoms with van der Waals surface area (Å²) in [7, 11) is -4.00. The van der Waals surface area contributed by atoms with Gasteiger partial charge in [-0.25, -0.2) is 17.2 Å². The van der Waals surface area contributed by atoms with Gasteiger partial charge in [-0.15, -0.1) is 0 Å². The Morgan fingerprint density at radius 3 is 2.63 bits per heavy atom. The first-order chi connectivity index (χ1) is 8.72. The fourth-order valence-corrected chi connectivity index (χ4v) is 2.74. The summed E-state index contributed by atoms with van der Waals surface area (Å²) in [5.74, 6) is -5.06. The maximum absolute atomic E-state index is 12.9. The Balaban J connectivity index is 2.21. The van der Waals surface area contributed by atoms with E-state index >= 15 is 0 Å². The maximum Gasteiger partial charge on any atom is 0.318 e. The summed E-state index contributed by atoms with van der Waals surface area (Å²) in [6.07, 6.45) is -0.293. The molecule has 0 spiro atoms. The van der Waals surface area contributed by atoms with Crippen molar-refractivity contribution in [1.82, 2.24) is 4.72 Å². The van der Waals surface area contributed by atoms with Gasteiger partial charge in [0, 0.05) is 6.42 Å². The van der Waals surface area contributed by atoms with E-state index in [9.17, 15) is 22.0 Å². The highest BCUT2D eigenvalue weighted by atomic mass is 32.2. The van der Waals surface area contributed by atoms with Crippen LogP contribution in [0.25, 0.3) is 0 Å². The second-order valence-corrected chi connectivity index (χ2v) is 6.08. The molecular weight excluding hydrogens is 280 g/mol. The number of alkyl halides is 2. The molecule has 1 atom stereocenters. The number of benzene rings is 1. The summed E-state index contributed by atoms with van der Waals surface area (Å²) < 4.78 is 51.2. The van der Waals surface area contributed by atoms with Gasteiger partial charge in [0.25, 0.3) is 5.92 Å². The second-order valence-electron chi connectivity index (χ2n) is 4.31. The van der Waals surface area contributed by atoms with Crippen LogP contribution in [0, 0.1) is 0 Å². The molecule has 0 aliphatic heterocycles. The Kier molecular flexibility index (Phi) is 3.31. The zero-order valence-corrected chi connectivity index (χ0v) is 10.5. The summed E-state index contributed by atoms with van der Waals surface area (Å²) in [4.78, 5) is 10.1. The average molecular weight is 291 g/mol. The molecule has 0 heterocycles. The van der Waals surface area contributed by atoms with E-state index in [1.165, 1.54) is 18.2 Å². The van der Waals surface area contributed by atoms with Crippen molar-refractivity contribution >= 4 is 16.0 Å². The first-order valence-corrected chi connectivity index (χ1v) is 6.90. The topological polar surface area (TPSA) is 83.5 Å². The van der Waals surface area contributed by atoms with Gasteiger partial charge >= 0.3 is 5.97 Å². The molecule has 1 aliphatic carbocycles. The monoisotopic (exact) mass is 291 g/mol. The smallest absolute Gasteiger partial charge is 0.318 e. The largest absolute Gasteiger partial charge is 0.480 e. The van der Waals surface area contributed by atoms with Crippen LogP contribution in [-0.4, -0.2) is 32.0 Å². The number of sulfonamides is 1. The molecule has 0 amide bonds. The van der Waals surface area contributed by atoms with Gasteiger partial charge in [-0.3, -0.25) is 4.79 Å². The van der Waals surface area contributed by atoms with E-state index in [1.807, 2.05) is 4.72 Å². The molecule has 1 saturated carbocycles. The van der Waals surface area contributed by atoms with Crippen LogP contribution in [0.15, 0.2) is 29.2 Å². The van der Waals surface area contributed by atoms with E-state index in [0.717, 1.165) is 6.07 Å². The number of carboxylic acid groups (broad SMARTS) is 1. The number of aliphatic carboxylic acids is 1. The number of hydrogen-bond donors (Lipinski definition) is 2. The van der Waals surface area contributed by atoms with Crippen LogP contribution in [0.1, 0.15) is 17.9 Å². The van der Waals surface area contributed by atoms with Crippen LogP contribution in [-0.2, 0) is 14.8 Å². The first-order valence-electron chi connectivity index (χ1n) is 5.41. The van der Waals surface area contributed by atoms with Crippen molar-refractivity contribution in [3.63, 3.8) is 0 Å². The molecule has 0 aromatic heterocycles. The molecular formula is C11H11F2NO4S. The van der Waals surface area contributed by atoms with Gasteiger partial charge in [0.2, 0.25) is 10.0 Å². The van der Waals surface area contributed by atoms with Crippen molar-refractivity contribution in [3.8, 4) is 0 Å². The number of hydrogen-bond acceptors (Lipinski definition) is 3. The van der Waals surface area contributed by atoms with Crippen LogP contribution in [0.5, 0.6) is 0 Å². The van der Waals surface area contributed by atoms with Crippen molar-refractivity contribution in [2.24, 2.45) is 0 Å². The van der Waals surface area contributed by atoms with Crippen molar-refractivity contribution < 1.29 is 27.1 Å². The van der Waals surface area contributed by atoms with Crippen molar-refractivity contribution in [2.75, 3.05) is 6.54 Å². The summed E-state index contributed by atoms with van der Waals surface area (Å²) in [5.41, 5.74) is 0.239. The van der Waals surface area contributed by atoms with Gasteiger partial charge in [0.15, 0.2) is 0 Å². The van der Waals surface area contributed by atoms with Gasteiger partial charge < -0.3 is 5.11 Å². The van der Waals surface area contributed by atoms with Gasteiger partial charge in [-0.2, -0.15) is 4.72 Å². The fourth-order valence-electron chi connectivity index (χ4n) is 1.71. The second kappa shape index (κ2) is 4.53. The normalized spacial score (nSPS) is 21.1. The van der Waals surface area contributed by atoms with Crippen LogP contribution in [0.4, 0.5) is 8.78 Å². The Labute approximate surface area is 108 Å². The number of nitrogens with one attached hydrogen (secondary N) is 1. The van der Waals surface area contributed by atoms with Crippen molar-refractivity contribution in [2.45, 2.75) is 23.2 Å². The quantitative estimate of drug-likeness (QED) is 0.853. The molecule has 1 aliphatic rings. The van der Waals surface area contributed by atoms with E-state index in [1.54, 1.807) is 0 Å². The number of carbonyl (C=O) groups is 1. The molecule has 5 nitrogen and oxygen atoms in total. The number of halogens is 2. The molecule has 2 N–H and O–H groups in total. The van der Waals surface area contributed by atoms with Gasteiger partial charge in [-0.1, -0.05) is 12.1 Å². The molecule has 8 heteroatoms. The highest BCUT2D eigenvalue weighted by Gasteiger charge is 2.57. The van der Waals surface area contributed by atoms with Crippen LogP contribution in [0.2, 0.25) is 0 Å². The molecule has 1 aromatic rings. The van der Waals surface area contributed by atoms with Crippen LogP contribution in [0.3, 0.4) is 0 Å². The molecule has 1 unspecified atom stereocenters. The van der Waals surface area contributed by atoms with E-state index < -0.39 is 34.4 Å². The fraction of sp³-hybridized carbons (Fsp3) is 0.364. The van der Waals surface area contributed by atoms with Crippen LogP contribution >= 0.6 is 0 Å². The standard InChI is InChI=1S/C11H11F2NO4S/c12-11(13)5-9(11)7-2-1-3-8(4-7)19(17,18)14-6-10(15)16/h1-4,9,14H,5-6H2,(H,15,16). The van der Waals surface area contributed by atoms with Crippen molar-refractivity contribution in [1.29, 1.82) is 0 Å². The molecule has 2 rings (SSSR count). The molecule has 1 aromatic carbocycles. The number of carboxylic acids is 1. The van der Waals surface area contributed by atoms with Crippen molar-refractivity contribution in [3.05, 3.63) is 29.8 Å². The summed E-state index contributed by atoms with van der Waals surface area (Å²) >= 11 is 0. The molecule has 0 radical (unpaired) electrons. The van der Waals surface area contributed by atoms with Gasteiger partial charge in [-0.05, 0) is 17.7 Å². The number of rotatable bonds is 5. The SMILES string of the molecule is O=C(O)CNS(=O)(=O)c1cccc(C2CC2(F)F)c1. The lowest BCUT2D eigenvalue weighted by atomic mass is 10.1. The Hall–Kier alpha value is -1.54. The van der Waals surface area contributed by atoms with Crippen LogP contribution < -0.4 is 4.72 Å². The zero-order valence-electron chi connectivity index (χ0n) is 9.64. The lowest BCUT2D eigenvalue weighted by molar-refractivity contribution is -0.135. The highest BCUT2D eigenvalue weighted by Crippen LogP contribution is 2.55. The summed E-state index contributed by atoms with van der Waals surface area (Å²) in [5, 5.41) is 8.42. The molecule has 19 heavy (non-hydrogen) atoms. The predicted molar refractivity (Wildman–Crippen MR) is 61.6 cm³/mol. The minimum Gasteiger partial charge on any atom is -0.480 e. The third-order valence-electron chi connectivity index (χ3n) is 2.81. The lowest BCUT2D eigenvalue weighted by Crippen LogP contribution is -2.29. The Bertz CT molecular complexity index is 615. The van der Waals surface area contributed by atoms with E-state index in [2.05, 4.69) is 0 Å². The third-order valence-corrected chi connectivity index (χ3v) is 4.21. The first kappa shape index (κ1) is 13.9. The Morgan fingerprint density at radius 1 is 1.47 bits per heavy atom. The zero-order chi connectivity index (χ0) is 14.3. The molecule has 104 valence electrons. The molecule has 0 saturated heterocycles.